The maximum atomic E-state index is 13.2. The van der Waals surface area contributed by atoms with Gasteiger partial charge in [0.25, 0.3) is 5.91 Å². The molecule has 1 saturated carbocycles. The van der Waals surface area contributed by atoms with Crippen molar-refractivity contribution in [1.82, 2.24) is 9.80 Å². The third-order valence-corrected chi connectivity index (χ3v) is 7.56. The minimum Gasteiger partial charge on any atom is -0.478 e. The molecule has 2 aromatic carbocycles. The Kier molecular flexibility index (Phi) is 7.50. The fourth-order valence-electron chi connectivity index (χ4n) is 4.78. The van der Waals surface area contributed by atoms with E-state index in [-0.39, 0.29) is 45.3 Å². The molecule has 34 heavy (non-hydrogen) atoms. The van der Waals surface area contributed by atoms with Gasteiger partial charge in [0.2, 0.25) is 0 Å². The van der Waals surface area contributed by atoms with E-state index in [2.05, 4.69) is 4.90 Å². The van der Waals surface area contributed by atoms with Crippen LogP contribution in [0.25, 0.3) is 0 Å². The van der Waals surface area contributed by atoms with E-state index in [1.165, 1.54) is 12.1 Å². The van der Waals surface area contributed by atoms with E-state index in [1.54, 1.807) is 29.2 Å². The van der Waals surface area contributed by atoms with Crippen molar-refractivity contribution in [3.05, 3.63) is 68.2 Å². The first-order valence-corrected chi connectivity index (χ1v) is 12.0. The largest absolute Gasteiger partial charge is 0.478 e. The summed E-state index contributed by atoms with van der Waals surface area (Å²) in [4.78, 5) is 41.4. The van der Waals surface area contributed by atoms with Gasteiger partial charge in [-0.3, -0.25) is 14.5 Å². The van der Waals surface area contributed by atoms with Gasteiger partial charge in [-0.05, 0) is 49.2 Å². The number of Topliss-reactive ketones (excluding diaryl/α,β-unsaturated/α-hetero) is 1. The third kappa shape index (κ3) is 5.09. The van der Waals surface area contributed by atoms with Crippen LogP contribution in [-0.2, 0) is 0 Å². The minimum atomic E-state index is -1.27. The molecule has 1 unspecified atom stereocenters. The maximum Gasteiger partial charge on any atom is 0.336 e. The molecule has 0 aromatic heterocycles. The van der Waals surface area contributed by atoms with Crippen LogP contribution in [0.1, 0.15) is 43.9 Å². The lowest BCUT2D eigenvalue weighted by Gasteiger charge is -2.39. The number of ketones is 1. The molecule has 180 valence electrons. The van der Waals surface area contributed by atoms with Crippen molar-refractivity contribution in [2.24, 2.45) is 5.92 Å². The second-order valence-corrected chi connectivity index (χ2v) is 9.87. The monoisotopic (exact) mass is 524 g/mol. The molecule has 7 nitrogen and oxygen atoms in total. The second kappa shape index (κ2) is 10.2. The predicted octanol–water partition coefficient (Wildman–Crippen LogP) is 4.13. The number of aliphatic hydroxyl groups is 1. The van der Waals surface area contributed by atoms with E-state index in [0.717, 1.165) is 0 Å². The van der Waals surface area contributed by atoms with Crippen molar-refractivity contribution >= 4 is 52.5 Å². The number of benzene rings is 2. The van der Waals surface area contributed by atoms with Crippen LogP contribution in [0.3, 0.4) is 0 Å². The Morgan fingerprint density at radius 2 is 1.44 bits per heavy atom. The fraction of sp³-hybridized carbons (Fsp3) is 0.375. The van der Waals surface area contributed by atoms with Gasteiger partial charge >= 0.3 is 5.97 Å². The van der Waals surface area contributed by atoms with Crippen LogP contribution in [0, 0.1) is 5.92 Å². The van der Waals surface area contributed by atoms with Gasteiger partial charge in [0.05, 0.1) is 21.7 Å². The molecule has 4 rings (SSSR count). The molecular formula is C24H23Cl3N2O5. The molecule has 1 amide bonds. The first kappa shape index (κ1) is 24.9. The van der Waals surface area contributed by atoms with Crippen LogP contribution in [0.5, 0.6) is 0 Å². The predicted molar refractivity (Wildman–Crippen MR) is 129 cm³/mol. The van der Waals surface area contributed by atoms with E-state index in [9.17, 15) is 24.6 Å². The van der Waals surface area contributed by atoms with Crippen LogP contribution >= 0.6 is 34.8 Å². The van der Waals surface area contributed by atoms with Gasteiger partial charge in [0, 0.05) is 54.3 Å². The van der Waals surface area contributed by atoms with Crippen molar-refractivity contribution in [1.29, 1.82) is 0 Å². The van der Waals surface area contributed by atoms with E-state index in [4.69, 9.17) is 34.8 Å². The maximum absolute atomic E-state index is 13.2. The smallest absolute Gasteiger partial charge is 0.336 e. The molecule has 1 heterocycles. The normalized spacial score (nSPS) is 23.2. The molecule has 2 fully saturated rings. The molecule has 0 radical (unpaired) electrons. The van der Waals surface area contributed by atoms with E-state index >= 15 is 0 Å². The van der Waals surface area contributed by atoms with E-state index < -0.39 is 18.0 Å². The molecule has 10 heteroatoms. The summed E-state index contributed by atoms with van der Waals surface area (Å²) in [5, 5.41) is 20.9. The van der Waals surface area contributed by atoms with Crippen molar-refractivity contribution < 1.29 is 24.6 Å². The first-order valence-electron chi connectivity index (χ1n) is 10.9. The number of carbonyl (C=O) groups excluding carboxylic acids is 2. The molecule has 1 aliphatic heterocycles. The SMILES string of the molecule is O=C(O)c1cc(Cl)c(Cl)cc1C(=O)C1C[C@@H](O)[C@H](N2CCN(C(=O)c3ccc(Cl)cc3)CC2)C1. The Morgan fingerprint density at radius 3 is 2.03 bits per heavy atom. The van der Waals surface area contributed by atoms with Crippen LogP contribution in [0.4, 0.5) is 0 Å². The van der Waals surface area contributed by atoms with Gasteiger partial charge in [0.1, 0.15) is 0 Å². The number of amides is 1. The summed E-state index contributed by atoms with van der Waals surface area (Å²) in [5.41, 5.74) is 0.366. The summed E-state index contributed by atoms with van der Waals surface area (Å²) < 4.78 is 0. The number of hydrogen-bond donors (Lipinski definition) is 2. The average molecular weight is 526 g/mol. The lowest BCUT2D eigenvalue weighted by atomic mass is 9.92. The molecule has 0 bridgehead atoms. The Hall–Kier alpha value is -2.16. The molecule has 3 atom stereocenters. The highest BCUT2D eigenvalue weighted by atomic mass is 35.5. The van der Waals surface area contributed by atoms with Crippen LogP contribution in [0.2, 0.25) is 15.1 Å². The standard InChI is InChI=1S/C24H23Cl3N2O5/c25-15-3-1-13(2-4-15)23(32)29-7-5-28(6-8-29)20-9-14(10-21(20)30)22(31)16-11-18(26)19(27)12-17(16)24(33)34/h1-4,11-12,14,20-21,30H,5-10H2,(H,33,34)/t14?,20-,21-/m1/s1. The highest BCUT2D eigenvalue weighted by molar-refractivity contribution is 6.42. The Morgan fingerprint density at radius 1 is 0.853 bits per heavy atom. The number of carboxylic acid groups (broad SMARTS) is 1. The number of aromatic carboxylic acids is 1. The van der Waals surface area contributed by atoms with Crippen LogP contribution in [0.15, 0.2) is 36.4 Å². The van der Waals surface area contributed by atoms with Crippen molar-refractivity contribution in [3.63, 3.8) is 0 Å². The number of rotatable bonds is 5. The second-order valence-electron chi connectivity index (χ2n) is 8.62. The molecular weight excluding hydrogens is 503 g/mol. The average Bonchev–Trinajstić information content (AvgIpc) is 3.21. The minimum absolute atomic E-state index is 0.00173. The summed E-state index contributed by atoms with van der Waals surface area (Å²) >= 11 is 17.9. The molecule has 2 aliphatic rings. The molecule has 1 saturated heterocycles. The number of aliphatic hydroxyl groups excluding tert-OH is 1. The third-order valence-electron chi connectivity index (χ3n) is 6.58. The quantitative estimate of drug-likeness (QED) is 0.570. The number of nitrogens with zero attached hydrogens (tertiary/aromatic N) is 2. The molecule has 2 aromatic rings. The zero-order valence-corrected chi connectivity index (χ0v) is 20.4. The summed E-state index contributed by atoms with van der Waals surface area (Å²) in [6.07, 6.45) is -0.111. The Bertz CT molecular complexity index is 1120. The van der Waals surface area contributed by atoms with Gasteiger partial charge in [-0.15, -0.1) is 0 Å². The van der Waals surface area contributed by atoms with Gasteiger partial charge < -0.3 is 15.1 Å². The van der Waals surface area contributed by atoms with E-state index in [1.807, 2.05) is 0 Å². The Labute approximate surface area is 211 Å². The van der Waals surface area contributed by atoms with Crippen LogP contribution in [-0.4, -0.2) is 76.0 Å². The summed E-state index contributed by atoms with van der Waals surface area (Å²) in [7, 11) is 0. The van der Waals surface area contributed by atoms with Crippen molar-refractivity contribution in [2.75, 3.05) is 26.2 Å². The number of carbonyl (C=O) groups is 3. The van der Waals surface area contributed by atoms with Gasteiger partial charge in [-0.25, -0.2) is 4.79 Å². The van der Waals surface area contributed by atoms with Crippen molar-refractivity contribution in [3.8, 4) is 0 Å². The van der Waals surface area contributed by atoms with Crippen molar-refractivity contribution in [2.45, 2.75) is 25.0 Å². The zero-order chi connectivity index (χ0) is 24.6. The summed E-state index contributed by atoms with van der Waals surface area (Å²) in [5.74, 6) is -2.24. The summed E-state index contributed by atoms with van der Waals surface area (Å²) in [6, 6.07) is 8.97. The molecule has 1 aliphatic carbocycles. The number of hydrogen-bond acceptors (Lipinski definition) is 5. The molecule has 0 spiro atoms. The lowest BCUT2D eigenvalue weighted by Crippen LogP contribution is -2.53. The van der Waals surface area contributed by atoms with Gasteiger partial charge in [-0.2, -0.15) is 0 Å². The Balaban J connectivity index is 1.41. The van der Waals surface area contributed by atoms with Gasteiger partial charge in [-0.1, -0.05) is 34.8 Å². The van der Waals surface area contributed by atoms with Crippen LogP contribution < -0.4 is 0 Å². The molecule has 2 N–H and O–H groups in total. The first-order chi connectivity index (χ1) is 16.2. The highest BCUT2D eigenvalue weighted by Gasteiger charge is 2.42. The number of halogens is 3. The fourth-order valence-corrected chi connectivity index (χ4v) is 5.23. The highest BCUT2D eigenvalue weighted by Crippen LogP contribution is 2.35. The number of piperazine rings is 1. The van der Waals surface area contributed by atoms with Gasteiger partial charge in [0.15, 0.2) is 5.78 Å². The zero-order valence-electron chi connectivity index (χ0n) is 18.1. The topological polar surface area (TPSA) is 98.1 Å². The van der Waals surface area contributed by atoms with E-state index in [0.29, 0.717) is 43.2 Å². The number of carboxylic acids is 1. The summed E-state index contributed by atoms with van der Waals surface area (Å²) in [6.45, 7) is 2.13. The lowest BCUT2D eigenvalue weighted by molar-refractivity contribution is 0.0315.